The van der Waals surface area contributed by atoms with Crippen LogP contribution in [-0.4, -0.2) is 41.1 Å². The number of amides is 1. The second-order valence-corrected chi connectivity index (χ2v) is 7.75. The summed E-state index contributed by atoms with van der Waals surface area (Å²) < 4.78 is 6.83. The van der Waals surface area contributed by atoms with Crippen molar-refractivity contribution in [2.75, 3.05) is 19.8 Å². The summed E-state index contributed by atoms with van der Waals surface area (Å²) in [6.07, 6.45) is 3.01. The van der Waals surface area contributed by atoms with E-state index in [0.29, 0.717) is 36.1 Å². The predicted molar refractivity (Wildman–Crippen MR) is 113 cm³/mol. The van der Waals surface area contributed by atoms with Gasteiger partial charge in [0.05, 0.1) is 13.2 Å². The van der Waals surface area contributed by atoms with Crippen molar-refractivity contribution in [1.29, 1.82) is 0 Å². The SMILES string of the molecule is CCNC(=O)c1cc(C(=O)C[C@H]2C[C@@H]2C)cn(Cc2cccc(OCCO)c2)c1=O. The third-order valence-corrected chi connectivity index (χ3v) is 5.33. The number of aromatic nitrogens is 1. The van der Waals surface area contributed by atoms with Crippen LogP contribution in [0.4, 0.5) is 0 Å². The molecular weight excluding hydrogens is 384 g/mol. The van der Waals surface area contributed by atoms with E-state index in [4.69, 9.17) is 9.84 Å². The number of Topliss-reactive ketones (excluding diaryl/α,β-unsaturated/α-hetero) is 1. The van der Waals surface area contributed by atoms with Gasteiger partial charge in [-0.05, 0) is 48.9 Å². The van der Waals surface area contributed by atoms with Gasteiger partial charge in [-0.3, -0.25) is 14.4 Å². The van der Waals surface area contributed by atoms with E-state index in [9.17, 15) is 14.4 Å². The van der Waals surface area contributed by atoms with Crippen molar-refractivity contribution >= 4 is 11.7 Å². The molecule has 1 amide bonds. The van der Waals surface area contributed by atoms with E-state index in [1.54, 1.807) is 31.3 Å². The van der Waals surface area contributed by atoms with Crippen LogP contribution in [0, 0.1) is 11.8 Å². The number of rotatable bonds is 10. The van der Waals surface area contributed by atoms with E-state index in [-0.39, 0.29) is 31.1 Å². The molecular formula is C23H28N2O5. The molecule has 7 nitrogen and oxygen atoms in total. The number of carbonyl (C=O) groups excluding carboxylic acids is 2. The first-order chi connectivity index (χ1) is 14.4. The normalized spacial score (nSPS) is 17.4. The third-order valence-electron chi connectivity index (χ3n) is 5.33. The molecule has 0 saturated heterocycles. The van der Waals surface area contributed by atoms with Crippen molar-refractivity contribution in [3.63, 3.8) is 0 Å². The maximum atomic E-state index is 12.9. The Bertz CT molecular complexity index is 982. The summed E-state index contributed by atoms with van der Waals surface area (Å²) >= 11 is 0. The summed E-state index contributed by atoms with van der Waals surface area (Å²) in [7, 11) is 0. The Morgan fingerprint density at radius 1 is 1.30 bits per heavy atom. The number of pyridine rings is 1. The molecule has 1 aliphatic rings. The van der Waals surface area contributed by atoms with Crippen LogP contribution in [0.2, 0.25) is 0 Å². The second-order valence-electron chi connectivity index (χ2n) is 7.75. The summed E-state index contributed by atoms with van der Waals surface area (Å²) in [6.45, 7) is 4.56. The highest BCUT2D eigenvalue weighted by Gasteiger charge is 2.34. The fourth-order valence-electron chi connectivity index (χ4n) is 3.46. The molecule has 2 aromatic rings. The van der Waals surface area contributed by atoms with E-state index in [1.807, 2.05) is 6.07 Å². The monoisotopic (exact) mass is 412 g/mol. The Labute approximate surface area is 175 Å². The van der Waals surface area contributed by atoms with Crippen LogP contribution in [0.3, 0.4) is 0 Å². The largest absolute Gasteiger partial charge is 0.491 e. The molecule has 0 spiro atoms. The number of ether oxygens (including phenoxy) is 1. The van der Waals surface area contributed by atoms with Crippen molar-refractivity contribution in [2.45, 2.75) is 33.2 Å². The molecule has 1 fully saturated rings. The van der Waals surface area contributed by atoms with Crippen molar-refractivity contribution in [1.82, 2.24) is 9.88 Å². The van der Waals surface area contributed by atoms with Gasteiger partial charge in [-0.25, -0.2) is 0 Å². The molecule has 0 radical (unpaired) electrons. The number of benzene rings is 1. The molecule has 1 aliphatic carbocycles. The zero-order valence-electron chi connectivity index (χ0n) is 17.4. The molecule has 160 valence electrons. The van der Waals surface area contributed by atoms with Crippen LogP contribution in [0.15, 0.2) is 41.3 Å². The van der Waals surface area contributed by atoms with E-state index < -0.39 is 11.5 Å². The van der Waals surface area contributed by atoms with Crippen LogP contribution in [0.1, 0.15) is 53.0 Å². The van der Waals surface area contributed by atoms with Crippen LogP contribution in [0.25, 0.3) is 0 Å². The molecule has 2 N–H and O–H groups in total. The molecule has 1 saturated carbocycles. The fourth-order valence-corrected chi connectivity index (χ4v) is 3.46. The van der Waals surface area contributed by atoms with Crippen LogP contribution in [0.5, 0.6) is 5.75 Å². The molecule has 3 rings (SSSR count). The fraction of sp³-hybridized carbons (Fsp3) is 0.435. The zero-order chi connectivity index (χ0) is 21.7. The number of hydrogen-bond acceptors (Lipinski definition) is 5. The van der Waals surface area contributed by atoms with Gasteiger partial charge in [0.1, 0.15) is 17.9 Å². The van der Waals surface area contributed by atoms with Crippen molar-refractivity contribution in [3.05, 3.63) is 63.6 Å². The Kier molecular flexibility index (Phi) is 7.05. The zero-order valence-corrected chi connectivity index (χ0v) is 17.4. The standard InChI is InChI=1S/C23H28N2O5/c1-3-24-22(28)20-11-18(21(27)12-17-9-15(17)2)14-25(23(20)29)13-16-5-4-6-19(10-16)30-8-7-26/h4-6,10-11,14-15,17,26H,3,7-9,12-13H2,1-2H3,(H,24,28)/t15-,17+/m0/s1. The Balaban J connectivity index is 1.92. The maximum Gasteiger partial charge on any atom is 0.263 e. The highest BCUT2D eigenvalue weighted by atomic mass is 16.5. The number of nitrogens with zero attached hydrogens (tertiary/aromatic N) is 1. The van der Waals surface area contributed by atoms with Crippen LogP contribution >= 0.6 is 0 Å². The minimum absolute atomic E-state index is 0.0285. The van der Waals surface area contributed by atoms with Gasteiger partial charge in [0.25, 0.3) is 11.5 Å². The van der Waals surface area contributed by atoms with Gasteiger partial charge in [-0.2, -0.15) is 0 Å². The van der Waals surface area contributed by atoms with Gasteiger partial charge in [0.15, 0.2) is 5.78 Å². The summed E-state index contributed by atoms with van der Waals surface area (Å²) in [4.78, 5) is 38.1. The first-order valence-electron chi connectivity index (χ1n) is 10.3. The van der Waals surface area contributed by atoms with Crippen LogP contribution < -0.4 is 15.6 Å². The van der Waals surface area contributed by atoms with Crippen molar-refractivity contribution < 1.29 is 19.4 Å². The first-order valence-corrected chi connectivity index (χ1v) is 10.3. The van der Waals surface area contributed by atoms with Gasteiger partial charge in [-0.15, -0.1) is 0 Å². The summed E-state index contributed by atoms with van der Waals surface area (Å²) in [5.41, 5.74) is 0.690. The summed E-state index contributed by atoms with van der Waals surface area (Å²) in [5, 5.41) is 11.6. The molecule has 0 bridgehead atoms. The molecule has 30 heavy (non-hydrogen) atoms. The van der Waals surface area contributed by atoms with Crippen molar-refractivity contribution in [2.24, 2.45) is 11.8 Å². The molecule has 1 aromatic heterocycles. The quantitative estimate of drug-likeness (QED) is 0.584. The lowest BCUT2D eigenvalue weighted by atomic mass is 10.0. The molecule has 1 heterocycles. The molecule has 0 unspecified atom stereocenters. The lowest BCUT2D eigenvalue weighted by molar-refractivity contribution is 0.0953. The number of ketones is 1. The third kappa shape index (κ3) is 5.36. The summed E-state index contributed by atoms with van der Waals surface area (Å²) in [6, 6.07) is 8.58. The van der Waals surface area contributed by atoms with Gasteiger partial charge >= 0.3 is 0 Å². The topological polar surface area (TPSA) is 97.6 Å². The number of nitrogens with one attached hydrogen (secondary N) is 1. The lowest BCUT2D eigenvalue weighted by Gasteiger charge is -2.13. The Morgan fingerprint density at radius 3 is 2.73 bits per heavy atom. The van der Waals surface area contributed by atoms with E-state index >= 15 is 0 Å². The highest BCUT2D eigenvalue weighted by Crippen LogP contribution is 2.41. The number of hydrogen-bond donors (Lipinski definition) is 2. The molecule has 1 aromatic carbocycles. The minimum atomic E-state index is -0.481. The maximum absolute atomic E-state index is 12.9. The van der Waals surface area contributed by atoms with Gasteiger partial charge in [0.2, 0.25) is 0 Å². The number of aliphatic hydroxyl groups excluding tert-OH is 1. The van der Waals surface area contributed by atoms with E-state index in [2.05, 4.69) is 12.2 Å². The smallest absolute Gasteiger partial charge is 0.263 e. The average Bonchev–Trinajstić information content (AvgIpc) is 3.42. The van der Waals surface area contributed by atoms with E-state index in [1.165, 1.54) is 10.6 Å². The Morgan fingerprint density at radius 2 is 2.07 bits per heavy atom. The number of carbonyl (C=O) groups is 2. The minimum Gasteiger partial charge on any atom is -0.491 e. The summed E-state index contributed by atoms with van der Waals surface area (Å²) in [5.74, 6) is 0.971. The number of aliphatic hydroxyl groups is 1. The average molecular weight is 412 g/mol. The van der Waals surface area contributed by atoms with E-state index in [0.717, 1.165) is 12.0 Å². The highest BCUT2D eigenvalue weighted by molar-refractivity contribution is 6.00. The second kappa shape index (κ2) is 9.71. The lowest BCUT2D eigenvalue weighted by Crippen LogP contribution is -2.34. The van der Waals surface area contributed by atoms with Crippen LogP contribution in [-0.2, 0) is 6.54 Å². The molecule has 7 heteroatoms. The first kappa shape index (κ1) is 21.8. The molecule has 0 aliphatic heterocycles. The van der Waals surface area contributed by atoms with Gasteiger partial charge in [0, 0.05) is 24.7 Å². The van der Waals surface area contributed by atoms with Crippen molar-refractivity contribution in [3.8, 4) is 5.75 Å². The Hall–Kier alpha value is -2.93. The van der Waals surface area contributed by atoms with Gasteiger partial charge < -0.3 is 19.7 Å². The van der Waals surface area contributed by atoms with Gasteiger partial charge in [-0.1, -0.05) is 19.1 Å². The molecule has 2 atom stereocenters. The predicted octanol–water partition coefficient (Wildman–Crippen LogP) is 2.25.